The second kappa shape index (κ2) is 7.94. The van der Waals surface area contributed by atoms with Crippen LogP contribution in [0.25, 0.3) is 0 Å². The Morgan fingerprint density at radius 1 is 1.21 bits per heavy atom. The van der Waals surface area contributed by atoms with Crippen molar-refractivity contribution in [3.8, 4) is 0 Å². The molecule has 0 amide bonds. The average Bonchev–Trinajstić information content (AvgIpc) is 2.39. The smallest absolute Gasteiger partial charge is 0.135 e. The van der Waals surface area contributed by atoms with Crippen molar-refractivity contribution in [1.82, 2.24) is 9.97 Å². The van der Waals surface area contributed by atoms with Gasteiger partial charge in [0.05, 0.1) is 12.6 Å². The van der Waals surface area contributed by atoms with Gasteiger partial charge < -0.3 is 15.7 Å². The maximum absolute atomic E-state index is 9.43. The number of hydrogen-bond donors (Lipinski definition) is 3. The Balaban J connectivity index is 3.00. The molecule has 1 atom stereocenters. The maximum Gasteiger partial charge on any atom is 0.135 e. The summed E-state index contributed by atoms with van der Waals surface area (Å²) in [5.74, 6) is 2.07. The Kier molecular flexibility index (Phi) is 6.56. The minimum absolute atomic E-state index is 0.0139. The van der Waals surface area contributed by atoms with Crippen LogP contribution in [0.15, 0.2) is 6.33 Å². The third-order valence-corrected chi connectivity index (χ3v) is 3.11. The van der Waals surface area contributed by atoms with Crippen LogP contribution in [0, 0.1) is 5.92 Å². The van der Waals surface area contributed by atoms with Crippen LogP contribution < -0.4 is 10.6 Å². The summed E-state index contributed by atoms with van der Waals surface area (Å²) in [5.41, 5.74) is 1.10. The number of nitrogens with zero attached hydrogens (tertiary/aromatic N) is 2. The van der Waals surface area contributed by atoms with E-state index in [1.54, 1.807) is 6.33 Å². The Bertz CT molecular complexity index is 382. The Hall–Kier alpha value is -1.36. The fourth-order valence-corrected chi connectivity index (χ4v) is 1.94. The summed E-state index contributed by atoms with van der Waals surface area (Å²) in [4.78, 5) is 8.64. The van der Waals surface area contributed by atoms with E-state index in [0.29, 0.717) is 5.92 Å². The molecule has 1 aromatic heterocycles. The van der Waals surface area contributed by atoms with Crippen molar-refractivity contribution in [2.24, 2.45) is 5.92 Å². The molecular formula is C14H26N4O. The molecule has 0 saturated heterocycles. The Labute approximate surface area is 115 Å². The second-order valence-electron chi connectivity index (χ2n) is 5.01. The van der Waals surface area contributed by atoms with E-state index in [1.165, 1.54) is 0 Å². The second-order valence-corrected chi connectivity index (χ2v) is 5.01. The van der Waals surface area contributed by atoms with Crippen LogP contribution >= 0.6 is 0 Å². The van der Waals surface area contributed by atoms with E-state index >= 15 is 0 Å². The highest BCUT2D eigenvalue weighted by Gasteiger charge is 2.16. The van der Waals surface area contributed by atoms with Gasteiger partial charge in [0.15, 0.2) is 0 Å². The van der Waals surface area contributed by atoms with Crippen LogP contribution in [-0.4, -0.2) is 34.3 Å². The number of rotatable bonds is 8. The van der Waals surface area contributed by atoms with Gasteiger partial charge in [-0.2, -0.15) is 0 Å². The molecule has 1 rings (SSSR count). The van der Waals surface area contributed by atoms with Crippen LogP contribution in [0.4, 0.5) is 11.6 Å². The zero-order chi connectivity index (χ0) is 14.3. The van der Waals surface area contributed by atoms with Crippen molar-refractivity contribution in [3.05, 3.63) is 11.9 Å². The predicted molar refractivity (Wildman–Crippen MR) is 79.5 cm³/mol. The predicted octanol–water partition coefficient (Wildman–Crippen LogP) is 2.29. The molecule has 19 heavy (non-hydrogen) atoms. The molecule has 0 bridgehead atoms. The fraction of sp³-hybridized carbons (Fsp3) is 0.714. The molecule has 0 aliphatic rings. The Morgan fingerprint density at radius 2 is 1.89 bits per heavy atom. The van der Waals surface area contributed by atoms with E-state index in [1.807, 2.05) is 0 Å². The van der Waals surface area contributed by atoms with Gasteiger partial charge >= 0.3 is 0 Å². The van der Waals surface area contributed by atoms with E-state index in [2.05, 4.69) is 48.3 Å². The van der Waals surface area contributed by atoms with E-state index < -0.39 is 0 Å². The normalized spacial score (nSPS) is 12.5. The molecule has 3 N–H and O–H groups in total. The monoisotopic (exact) mass is 266 g/mol. The highest BCUT2D eigenvalue weighted by atomic mass is 16.3. The van der Waals surface area contributed by atoms with Gasteiger partial charge in [0.25, 0.3) is 0 Å². The highest BCUT2D eigenvalue weighted by molar-refractivity contribution is 5.57. The van der Waals surface area contributed by atoms with Gasteiger partial charge in [-0.25, -0.2) is 9.97 Å². The third-order valence-electron chi connectivity index (χ3n) is 3.11. The molecule has 1 heterocycles. The molecule has 0 radical (unpaired) electrons. The van der Waals surface area contributed by atoms with Crippen LogP contribution in [0.1, 0.15) is 39.7 Å². The average molecular weight is 266 g/mol. The lowest BCUT2D eigenvalue weighted by atomic mass is 10.0. The summed E-state index contributed by atoms with van der Waals surface area (Å²) in [7, 11) is 0. The molecule has 0 aliphatic heterocycles. The molecule has 0 spiro atoms. The van der Waals surface area contributed by atoms with Crippen LogP contribution in [0.5, 0.6) is 0 Å². The summed E-state index contributed by atoms with van der Waals surface area (Å²) >= 11 is 0. The Morgan fingerprint density at radius 3 is 2.42 bits per heavy atom. The lowest BCUT2D eigenvalue weighted by Gasteiger charge is -2.23. The van der Waals surface area contributed by atoms with Crippen molar-refractivity contribution in [2.45, 2.75) is 46.6 Å². The zero-order valence-electron chi connectivity index (χ0n) is 12.4. The van der Waals surface area contributed by atoms with Gasteiger partial charge in [-0.3, -0.25) is 0 Å². The van der Waals surface area contributed by atoms with Crippen molar-refractivity contribution >= 4 is 11.6 Å². The van der Waals surface area contributed by atoms with Crippen LogP contribution in [0.2, 0.25) is 0 Å². The lowest BCUT2D eigenvalue weighted by Crippen LogP contribution is -2.30. The minimum Gasteiger partial charge on any atom is -0.394 e. The first-order valence-electron chi connectivity index (χ1n) is 7.09. The standard InChI is InChI=1S/C14H26N4O/c1-5-7-11-13(15-6-2)16-9-17-14(11)18-12(8-19)10(3)4/h9-10,12,19H,5-8H2,1-4H3,(H2,15,16,17,18). The number of anilines is 2. The summed E-state index contributed by atoms with van der Waals surface area (Å²) in [6, 6.07) is 0.0139. The maximum atomic E-state index is 9.43. The topological polar surface area (TPSA) is 70.1 Å². The highest BCUT2D eigenvalue weighted by Crippen LogP contribution is 2.23. The van der Waals surface area contributed by atoms with Gasteiger partial charge in [0.2, 0.25) is 0 Å². The molecule has 0 aromatic carbocycles. The summed E-state index contributed by atoms with van der Waals surface area (Å²) in [5, 5.41) is 16.0. The van der Waals surface area contributed by atoms with Gasteiger partial charge in [-0.1, -0.05) is 27.2 Å². The first kappa shape index (κ1) is 15.7. The van der Waals surface area contributed by atoms with Crippen molar-refractivity contribution in [1.29, 1.82) is 0 Å². The summed E-state index contributed by atoms with van der Waals surface area (Å²) in [6.45, 7) is 9.29. The van der Waals surface area contributed by atoms with Gasteiger partial charge in [0, 0.05) is 12.1 Å². The first-order chi connectivity index (χ1) is 9.13. The molecule has 5 nitrogen and oxygen atoms in total. The molecule has 1 aromatic rings. The van der Waals surface area contributed by atoms with Crippen LogP contribution in [-0.2, 0) is 6.42 Å². The summed E-state index contributed by atoms with van der Waals surface area (Å²) < 4.78 is 0. The molecule has 0 fully saturated rings. The molecule has 0 saturated carbocycles. The molecule has 1 unspecified atom stereocenters. The van der Waals surface area contributed by atoms with Crippen molar-refractivity contribution in [3.63, 3.8) is 0 Å². The molecular weight excluding hydrogens is 240 g/mol. The number of aliphatic hydroxyl groups excluding tert-OH is 1. The van der Waals surface area contributed by atoms with Crippen molar-refractivity contribution < 1.29 is 5.11 Å². The molecule has 0 aliphatic carbocycles. The third kappa shape index (κ3) is 4.35. The number of aliphatic hydroxyl groups is 1. The minimum atomic E-state index is 0.0139. The van der Waals surface area contributed by atoms with E-state index in [9.17, 15) is 5.11 Å². The fourth-order valence-electron chi connectivity index (χ4n) is 1.94. The quantitative estimate of drug-likeness (QED) is 0.673. The SMILES string of the molecule is CCCc1c(NCC)ncnc1NC(CO)C(C)C. The largest absolute Gasteiger partial charge is 0.394 e. The first-order valence-corrected chi connectivity index (χ1v) is 7.09. The van der Waals surface area contributed by atoms with Crippen LogP contribution in [0.3, 0.4) is 0 Å². The van der Waals surface area contributed by atoms with Gasteiger partial charge in [-0.15, -0.1) is 0 Å². The van der Waals surface area contributed by atoms with E-state index in [4.69, 9.17) is 0 Å². The number of aromatic nitrogens is 2. The van der Waals surface area contributed by atoms with E-state index in [0.717, 1.165) is 36.6 Å². The van der Waals surface area contributed by atoms with Gasteiger partial charge in [0.1, 0.15) is 18.0 Å². The molecule has 108 valence electrons. The van der Waals surface area contributed by atoms with E-state index in [-0.39, 0.29) is 12.6 Å². The van der Waals surface area contributed by atoms with Crippen molar-refractivity contribution in [2.75, 3.05) is 23.8 Å². The molecule has 5 heteroatoms. The number of hydrogen-bond acceptors (Lipinski definition) is 5. The lowest BCUT2D eigenvalue weighted by molar-refractivity contribution is 0.249. The summed E-state index contributed by atoms with van der Waals surface area (Å²) in [6.07, 6.45) is 3.52. The zero-order valence-corrected chi connectivity index (χ0v) is 12.4. The van der Waals surface area contributed by atoms with Gasteiger partial charge in [-0.05, 0) is 19.3 Å². The number of nitrogens with one attached hydrogen (secondary N) is 2.